The van der Waals surface area contributed by atoms with Crippen molar-refractivity contribution in [1.82, 2.24) is 63.8 Å². The quantitative estimate of drug-likeness (QED) is 0.0389. The van der Waals surface area contributed by atoms with Gasteiger partial charge in [0.15, 0.2) is 0 Å². The Hall–Kier alpha value is -8.96. The van der Waals surface area contributed by atoms with Crippen molar-refractivity contribution in [2.75, 3.05) is 32.7 Å². The molecule has 16 atom stereocenters. The maximum atomic E-state index is 13.3. The molecule has 0 aromatic heterocycles. The highest BCUT2D eigenvalue weighted by Crippen LogP contribution is 2.59. The number of amides is 12. The summed E-state index contributed by atoms with van der Waals surface area (Å²) in [5, 5.41) is 42.0. The first-order valence-corrected chi connectivity index (χ1v) is 49.5. The summed E-state index contributed by atoms with van der Waals surface area (Å²) < 4.78 is 0. The van der Waals surface area contributed by atoms with Crippen LogP contribution in [-0.2, 0) is 19.2 Å². The summed E-state index contributed by atoms with van der Waals surface area (Å²) in [7, 11) is 0. The molecule has 12 N–H and O–H groups in total. The molecule has 8 aromatic carbocycles. The minimum atomic E-state index is -0.979. The van der Waals surface area contributed by atoms with E-state index in [0.717, 1.165) is 151 Å². The van der Waals surface area contributed by atoms with Crippen LogP contribution in [0.3, 0.4) is 0 Å². The van der Waals surface area contributed by atoms with Crippen LogP contribution in [0.15, 0.2) is 170 Å². The summed E-state index contributed by atoms with van der Waals surface area (Å²) >= 11 is 51.6. The summed E-state index contributed by atoms with van der Waals surface area (Å²) in [6, 6.07) is 55.0. The molecular formula is C104H122Cl8N12O8. The highest BCUT2D eigenvalue weighted by Gasteiger charge is 2.63. The fourth-order valence-electron chi connectivity index (χ4n) is 22.9. The SMILES string of the molecule is CCCCNC(=O)N[C@@]12CC[C@@H](c3ccc(C)cc3Cl)[C@H](c3ccc(Cl)cc3)[C@@H]1CNC2=O.Cc1ccc([C@@H]2CC[C@@]3(NC(=O)NC(C)(C)C)C(=O)NC[C@H]3[C@H]2c2ccc(Cl)cc2)c(Cl)c1.Cc1ccc([C@@H]2CC[C@@]3(NC(=O)NC(C)C)C(=O)NC[C@H]3[C@H]2c2ccc(Cl)cc2)c(Cl)c1.Cc1ccc([C@@H]2CC[C@@]3(NC(=O)NC4CCCC4)C(=O)NC[C@H]3[C@H]2c2ccc(Cl)cc2)c(Cl)c1. The van der Waals surface area contributed by atoms with Gasteiger partial charge in [0.1, 0.15) is 22.2 Å². The molecule has 20 nitrogen and oxygen atoms in total. The van der Waals surface area contributed by atoms with Crippen LogP contribution in [0.1, 0.15) is 246 Å². The van der Waals surface area contributed by atoms with E-state index in [0.29, 0.717) is 78.5 Å². The Balaban J connectivity index is 0.000000142. The third-order valence-corrected chi connectivity index (χ3v) is 31.3. The zero-order valence-electron chi connectivity index (χ0n) is 76.5. The Morgan fingerprint density at radius 1 is 0.379 bits per heavy atom. The number of urea groups is 4. The third kappa shape index (κ3) is 21.6. The van der Waals surface area contributed by atoms with Gasteiger partial charge in [0.25, 0.3) is 0 Å². The van der Waals surface area contributed by atoms with Crippen molar-refractivity contribution in [2.24, 2.45) is 23.7 Å². The Kier molecular flexibility index (Phi) is 31.6. The van der Waals surface area contributed by atoms with Gasteiger partial charge < -0.3 is 63.8 Å². The van der Waals surface area contributed by atoms with Crippen LogP contribution in [0.2, 0.25) is 40.2 Å². The zero-order chi connectivity index (χ0) is 94.5. The van der Waals surface area contributed by atoms with E-state index in [-0.39, 0.29) is 131 Å². The van der Waals surface area contributed by atoms with E-state index in [1.54, 1.807) is 0 Å². The predicted octanol–water partition coefficient (Wildman–Crippen LogP) is 21.9. The largest absolute Gasteiger partial charge is 0.354 e. The lowest BCUT2D eigenvalue weighted by Gasteiger charge is -2.47. The van der Waals surface area contributed by atoms with Crippen molar-refractivity contribution < 1.29 is 38.4 Å². The van der Waals surface area contributed by atoms with Crippen molar-refractivity contribution in [3.8, 4) is 0 Å². The molecule has 0 bridgehead atoms. The fourth-order valence-corrected chi connectivity index (χ4v) is 24.9. The Bertz CT molecular complexity index is 5550. The number of hydrogen-bond donors (Lipinski definition) is 12. The van der Waals surface area contributed by atoms with Gasteiger partial charge in [0.2, 0.25) is 23.6 Å². The summed E-state index contributed by atoms with van der Waals surface area (Å²) in [5.74, 6) is -0.482. The molecule has 9 aliphatic rings. The maximum absolute atomic E-state index is 13.3. The normalized spacial score (nSPS) is 27.4. The Morgan fingerprint density at radius 3 is 0.917 bits per heavy atom. The number of benzene rings is 8. The first-order chi connectivity index (χ1) is 62.9. The summed E-state index contributed by atoms with van der Waals surface area (Å²) in [4.78, 5) is 104. The lowest BCUT2D eigenvalue weighted by Crippen LogP contribution is -2.64. The number of unbranched alkanes of at least 4 members (excludes halogenated alkanes) is 1. The zero-order valence-corrected chi connectivity index (χ0v) is 82.5. The highest BCUT2D eigenvalue weighted by molar-refractivity contribution is 6.33. The average molecular weight is 1950 g/mol. The third-order valence-electron chi connectivity index (χ3n) is 29.0. The average Bonchev–Trinajstić information content (AvgIpc) is 1.53. The first-order valence-electron chi connectivity index (χ1n) is 46.5. The molecule has 8 aromatic rings. The molecule has 28 heteroatoms. The standard InChI is InChI=1S/C27H31Cl2N3O2.2C26H31Cl2N3O2.C25H29Cl2N3O2/c1-16-6-11-20(23(29)14-16)21-12-13-27(32-26(34)31-19-4-2-3-5-19)22(15-30-25(27)33)24(21)17-7-9-18(28)10-8-17;1-15-5-10-18(21(28)13-15)19-11-12-26(31-24(33)30-25(2,3)4)20(14-29-23(26)32)22(19)16-6-8-17(27)9-7-16;1-3-4-13-29-25(33)31-26-12-11-20(19-10-5-16(2)14-22(19)28)23(21(26)15-30-24(26)32)17-6-8-18(27)9-7-17;1-14(2)29-24(32)30-25-11-10-19(18-9-4-15(3)12-21(18)27)22(20(25)13-28-23(25)31)16-5-7-17(26)8-6-16/h6-11,14,19,21-22,24H,2-5,12-13,15H2,1H3,(H,30,33)(H2,31,32,34);5-10,13,19-20,22H,11-12,14H2,1-4H3,(H,29,32)(H2,30,31,33);5-10,14,20-21,23H,3-4,11-13,15H2,1-2H3,(H,30,32)(H2,29,31,33);4-9,12,14,19-20,22H,10-11,13H2,1-3H3,(H,28,31)(H2,29,30,32)/t21-,22-,24-,27-;19-,20-,22-,26-;20-,21-,23-,26-;19-,20-,22-,25-/m0000/s1. The van der Waals surface area contributed by atoms with Gasteiger partial charge in [0.05, 0.1) is 0 Å². The Morgan fingerprint density at radius 2 is 0.652 bits per heavy atom. The molecular weight excluding hydrogens is 1830 g/mol. The van der Waals surface area contributed by atoms with Gasteiger partial charge in [-0.2, -0.15) is 0 Å². The van der Waals surface area contributed by atoms with E-state index in [2.05, 4.69) is 119 Å². The maximum Gasteiger partial charge on any atom is 0.316 e. The molecule has 12 amide bonds. The van der Waals surface area contributed by atoms with Crippen molar-refractivity contribution in [3.63, 3.8) is 0 Å². The van der Waals surface area contributed by atoms with Crippen LogP contribution in [0, 0.1) is 51.4 Å². The predicted molar refractivity (Wildman–Crippen MR) is 530 cm³/mol. The summed E-state index contributed by atoms with van der Waals surface area (Å²) in [5.41, 5.74) is 8.92. The van der Waals surface area contributed by atoms with Gasteiger partial charge in [-0.05, 0) is 320 Å². The van der Waals surface area contributed by atoms with Gasteiger partial charge in [-0.1, -0.05) is 216 Å². The molecule has 5 aliphatic carbocycles. The molecule has 9 fully saturated rings. The van der Waals surface area contributed by atoms with E-state index in [1.807, 2.05) is 184 Å². The topological polar surface area (TPSA) is 281 Å². The van der Waals surface area contributed by atoms with Crippen LogP contribution in [0.5, 0.6) is 0 Å². The number of rotatable bonds is 17. The van der Waals surface area contributed by atoms with Gasteiger partial charge in [0, 0.05) is 114 Å². The number of aryl methyl sites for hydroxylation is 4. The van der Waals surface area contributed by atoms with E-state index in [1.165, 1.54) is 0 Å². The van der Waals surface area contributed by atoms with Crippen LogP contribution >= 0.6 is 92.8 Å². The van der Waals surface area contributed by atoms with Gasteiger partial charge >= 0.3 is 24.1 Å². The minimum Gasteiger partial charge on any atom is -0.354 e. The van der Waals surface area contributed by atoms with Crippen molar-refractivity contribution in [1.29, 1.82) is 0 Å². The van der Waals surface area contributed by atoms with Crippen molar-refractivity contribution in [2.45, 2.75) is 246 Å². The van der Waals surface area contributed by atoms with Crippen LogP contribution in [0.4, 0.5) is 19.2 Å². The fraction of sp³-hybridized carbons (Fsp3) is 0.462. The molecule has 5 saturated carbocycles. The van der Waals surface area contributed by atoms with Crippen LogP contribution in [-0.4, -0.2) is 120 Å². The van der Waals surface area contributed by atoms with Gasteiger partial charge in [-0.25, -0.2) is 19.2 Å². The summed E-state index contributed by atoms with van der Waals surface area (Å²) in [6.07, 6.45) is 11.3. The lowest BCUT2D eigenvalue weighted by atomic mass is 9.60. The van der Waals surface area contributed by atoms with E-state index < -0.39 is 27.7 Å². The molecule has 132 heavy (non-hydrogen) atoms. The van der Waals surface area contributed by atoms with E-state index >= 15 is 0 Å². The van der Waals surface area contributed by atoms with Crippen molar-refractivity contribution >= 4 is 141 Å². The van der Waals surface area contributed by atoms with E-state index in [9.17, 15) is 38.4 Å². The number of carbonyl (C=O) groups excluding carboxylic acids is 8. The first kappa shape index (κ1) is 99.0. The number of nitrogens with one attached hydrogen (secondary N) is 12. The van der Waals surface area contributed by atoms with Crippen LogP contribution < -0.4 is 63.8 Å². The molecule has 4 aliphatic heterocycles. The molecule has 702 valence electrons. The number of hydrogen-bond acceptors (Lipinski definition) is 8. The van der Waals surface area contributed by atoms with Gasteiger partial charge in [-0.15, -0.1) is 0 Å². The second kappa shape index (κ2) is 42.1. The van der Waals surface area contributed by atoms with Gasteiger partial charge in [-0.3, -0.25) is 19.2 Å². The number of carbonyl (C=O) groups is 8. The molecule has 0 unspecified atom stereocenters. The Labute approximate surface area is 816 Å². The van der Waals surface area contributed by atoms with E-state index in [4.69, 9.17) is 92.8 Å². The second-order valence-corrected chi connectivity index (χ2v) is 42.4. The molecule has 0 radical (unpaired) electrons. The minimum absolute atomic E-state index is 0.00282. The smallest absolute Gasteiger partial charge is 0.316 e. The second-order valence-electron chi connectivity index (χ2n) is 39.0. The van der Waals surface area contributed by atoms with Crippen molar-refractivity contribution in [3.05, 3.63) is 277 Å². The lowest BCUT2D eigenvalue weighted by molar-refractivity contribution is -0.127. The molecule has 17 rings (SSSR count). The molecule has 4 heterocycles. The molecule has 4 saturated heterocycles. The highest BCUT2D eigenvalue weighted by atomic mass is 35.5. The number of halogens is 8. The monoisotopic (exact) mass is 1950 g/mol. The number of fused-ring (bicyclic) bond motifs is 4. The summed E-state index contributed by atoms with van der Waals surface area (Å²) in [6.45, 7) is 22.3. The van der Waals surface area contributed by atoms with Crippen LogP contribution in [0.25, 0.3) is 0 Å². The molecule has 0 spiro atoms.